The minimum absolute atomic E-state index is 0.169. The number of nitrogens with zero attached hydrogens (tertiary/aromatic N) is 2. The number of hydrogen-bond donors (Lipinski definition) is 3. The van der Waals surface area contributed by atoms with Gasteiger partial charge in [-0.2, -0.15) is 5.10 Å². The van der Waals surface area contributed by atoms with E-state index in [0.717, 1.165) is 29.3 Å². The lowest BCUT2D eigenvalue weighted by atomic mass is 9.16. The van der Waals surface area contributed by atoms with Crippen molar-refractivity contribution in [2.75, 3.05) is 19.7 Å². The summed E-state index contributed by atoms with van der Waals surface area (Å²) in [6.45, 7) is 0.705. The van der Waals surface area contributed by atoms with E-state index >= 15 is 0 Å². The van der Waals surface area contributed by atoms with Gasteiger partial charge in [-0.1, -0.05) is 11.6 Å². The highest BCUT2D eigenvalue weighted by molar-refractivity contribution is 6.64. The molecule has 1 saturated heterocycles. The van der Waals surface area contributed by atoms with Crippen molar-refractivity contribution in [1.29, 1.82) is 0 Å². The number of likely N-dealkylation sites (tertiary alicyclic amines) is 1. The molecule has 31 heavy (non-hydrogen) atoms. The maximum Gasteiger partial charge on any atom is 0.248 e. The molecule has 1 amide bonds. The third-order valence-electron chi connectivity index (χ3n) is 7.38. The van der Waals surface area contributed by atoms with Crippen LogP contribution in [0.25, 0.3) is 10.9 Å². The van der Waals surface area contributed by atoms with E-state index in [4.69, 9.17) is 11.6 Å². The molecule has 1 aliphatic heterocycles. The van der Waals surface area contributed by atoms with Crippen LogP contribution in [0.1, 0.15) is 24.5 Å². The number of fused-ring (bicyclic) bond motifs is 1. The van der Waals surface area contributed by atoms with Gasteiger partial charge in [-0.3, -0.25) is 9.89 Å². The smallest absolute Gasteiger partial charge is 0.248 e. The average molecular weight is 437 g/mol. The van der Waals surface area contributed by atoms with Gasteiger partial charge in [-0.25, -0.2) is 0 Å². The van der Waals surface area contributed by atoms with Gasteiger partial charge in [-0.05, 0) is 36.3 Å². The van der Waals surface area contributed by atoms with Crippen LogP contribution in [0.5, 0.6) is 0 Å². The van der Waals surface area contributed by atoms with Crippen molar-refractivity contribution >= 4 is 75.5 Å². The van der Waals surface area contributed by atoms with Crippen molar-refractivity contribution in [3.63, 3.8) is 0 Å². The standard InChI is InChI=1S/C18H30B6ClN3O3/c19-17(20,21)16(18(22,23)24,10-1-3-28(4-2-10)13(30)8-29)15(31)12-6-11(25)5-9-7-26-27-14(9)12/h5-7,10,15,29,31H,1-4,8,19-24H2,(H,26,27). The van der Waals surface area contributed by atoms with Gasteiger partial charge in [0.2, 0.25) is 5.91 Å². The van der Waals surface area contributed by atoms with Crippen LogP contribution in [-0.2, 0) is 4.79 Å². The number of carbonyl (C=O) groups is 1. The number of aromatic nitrogens is 2. The number of benzene rings is 1. The van der Waals surface area contributed by atoms with E-state index in [9.17, 15) is 15.0 Å². The van der Waals surface area contributed by atoms with Crippen LogP contribution >= 0.6 is 11.6 Å². The van der Waals surface area contributed by atoms with E-state index in [1.165, 1.54) is 0 Å². The molecular weight excluding hydrogens is 407 g/mol. The number of rotatable bonds is 6. The summed E-state index contributed by atoms with van der Waals surface area (Å²) in [6, 6.07) is 3.70. The Morgan fingerprint density at radius 2 is 1.77 bits per heavy atom. The van der Waals surface area contributed by atoms with Crippen molar-refractivity contribution in [1.82, 2.24) is 15.1 Å². The Balaban J connectivity index is 2.15. The first-order chi connectivity index (χ1) is 14.3. The first-order valence-corrected chi connectivity index (χ1v) is 11.4. The first kappa shape index (κ1) is 24.4. The number of hydrogen-bond acceptors (Lipinski definition) is 4. The number of H-pyrrole nitrogens is 1. The fourth-order valence-electron chi connectivity index (χ4n) is 6.59. The largest absolute Gasteiger partial charge is 0.388 e. The number of aliphatic hydroxyl groups is 2. The van der Waals surface area contributed by atoms with Crippen LogP contribution < -0.4 is 0 Å². The summed E-state index contributed by atoms with van der Waals surface area (Å²) >= 11 is 6.44. The van der Waals surface area contributed by atoms with Crippen LogP contribution in [0.2, 0.25) is 15.2 Å². The Morgan fingerprint density at radius 3 is 2.29 bits per heavy atom. The maximum absolute atomic E-state index is 12.2. The summed E-state index contributed by atoms with van der Waals surface area (Å²) in [5.74, 6) is -0.0627. The number of aliphatic hydroxyl groups excluding tert-OH is 2. The van der Waals surface area contributed by atoms with Gasteiger partial charge in [-0.15, -0.1) is 10.2 Å². The highest BCUT2D eigenvalue weighted by Crippen LogP contribution is 2.65. The Labute approximate surface area is 194 Å². The molecule has 1 unspecified atom stereocenters. The number of amides is 1. The van der Waals surface area contributed by atoms with Crippen LogP contribution in [0.3, 0.4) is 0 Å². The van der Waals surface area contributed by atoms with Gasteiger partial charge >= 0.3 is 0 Å². The van der Waals surface area contributed by atoms with E-state index < -0.39 is 18.1 Å². The average Bonchev–Trinajstić information content (AvgIpc) is 3.13. The summed E-state index contributed by atoms with van der Waals surface area (Å²) in [7, 11) is 13.2. The fourth-order valence-corrected chi connectivity index (χ4v) is 6.82. The van der Waals surface area contributed by atoms with Crippen molar-refractivity contribution in [2.24, 2.45) is 11.3 Å². The van der Waals surface area contributed by atoms with Gasteiger partial charge < -0.3 is 15.1 Å². The Hall–Kier alpha value is -1.24. The molecule has 3 N–H and O–H groups in total. The fraction of sp³-hybridized carbons (Fsp3) is 0.556. The number of nitrogens with one attached hydrogen (secondary N) is 1. The van der Waals surface area contributed by atoms with Crippen LogP contribution in [0, 0.1) is 11.3 Å². The lowest BCUT2D eigenvalue weighted by Crippen LogP contribution is -2.59. The maximum atomic E-state index is 12.2. The molecule has 13 heteroatoms. The van der Waals surface area contributed by atoms with Gasteiger partial charge in [0, 0.05) is 29.1 Å². The predicted molar refractivity (Wildman–Crippen MR) is 142 cm³/mol. The zero-order chi connectivity index (χ0) is 23.2. The van der Waals surface area contributed by atoms with Crippen molar-refractivity contribution in [2.45, 2.75) is 29.2 Å². The number of halogens is 1. The topological polar surface area (TPSA) is 89.5 Å². The van der Waals surface area contributed by atoms with E-state index in [1.54, 1.807) is 11.1 Å². The van der Waals surface area contributed by atoms with E-state index in [-0.39, 0.29) is 22.1 Å². The summed E-state index contributed by atoms with van der Waals surface area (Å²) in [5.41, 5.74) is 1.05. The molecule has 160 valence electrons. The lowest BCUT2D eigenvalue weighted by molar-refractivity contribution is -0.137. The van der Waals surface area contributed by atoms with Crippen molar-refractivity contribution in [3.05, 3.63) is 28.9 Å². The zero-order valence-electron chi connectivity index (χ0n) is 19.5. The number of carbonyl (C=O) groups excluding carboxylic acids is 1. The summed E-state index contributed by atoms with van der Waals surface area (Å²) < 4.78 is 0. The quantitative estimate of drug-likeness (QED) is 0.409. The number of piperidine rings is 1. The molecule has 1 fully saturated rings. The highest BCUT2D eigenvalue weighted by Gasteiger charge is 2.59. The molecule has 1 aliphatic rings. The summed E-state index contributed by atoms with van der Waals surface area (Å²) in [4.78, 5) is 13.8. The molecule has 0 radical (unpaired) electrons. The molecule has 0 spiro atoms. The molecule has 0 bridgehead atoms. The van der Waals surface area contributed by atoms with Gasteiger partial charge in [0.15, 0.2) is 0 Å². The van der Waals surface area contributed by atoms with Gasteiger partial charge in [0.25, 0.3) is 0 Å². The molecule has 6 nitrogen and oxygen atoms in total. The van der Waals surface area contributed by atoms with Crippen molar-refractivity contribution in [3.8, 4) is 0 Å². The second kappa shape index (κ2) is 8.60. The Morgan fingerprint density at radius 1 is 1.19 bits per heavy atom. The molecule has 0 saturated carbocycles. The third-order valence-corrected chi connectivity index (χ3v) is 7.60. The van der Waals surface area contributed by atoms with Crippen molar-refractivity contribution < 1.29 is 15.0 Å². The molecular formula is C18H30B6ClN3O3. The van der Waals surface area contributed by atoms with E-state index in [2.05, 4.69) is 57.3 Å². The SMILES string of the molecule is BC(B)(B)C(C1CCN(C(=O)CO)CC1)(C(O)c1cc(Cl)cc2cn[nH]c12)C(B)(B)B. The summed E-state index contributed by atoms with van der Waals surface area (Å²) in [5, 5.41) is 29.6. The number of aromatic amines is 1. The predicted octanol–water partition coefficient (Wildman–Crippen LogP) is -3.59. The van der Waals surface area contributed by atoms with Crippen LogP contribution in [0.15, 0.2) is 18.3 Å². The second-order valence-electron chi connectivity index (χ2n) is 10.9. The minimum Gasteiger partial charge on any atom is -0.388 e. The molecule has 2 aromatic rings. The van der Waals surface area contributed by atoms with Crippen LogP contribution in [-0.4, -0.2) is 98.0 Å². The normalized spacial score (nSPS) is 17.7. The zero-order valence-corrected chi connectivity index (χ0v) is 20.3. The molecule has 0 aliphatic carbocycles. The molecule has 1 aromatic carbocycles. The highest BCUT2D eigenvalue weighted by atomic mass is 35.5. The molecule has 3 rings (SSSR count). The lowest BCUT2D eigenvalue weighted by Gasteiger charge is -2.63. The first-order valence-electron chi connectivity index (χ1n) is 11.0. The van der Waals surface area contributed by atoms with Gasteiger partial charge in [0.1, 0.15) is 6.61 Å². The van der Waals surface area contributed by atoms with E-state index in [1.807, 2.05) is 12.1 Å². The minimum atomic E-state index is -0.792. The van der Waals surface area contributed by atoms with Gasteiger partial charge in [0.05, 0.1) is 64.9 Å². The summed E-state index contributed by atoms with van der Waals surface area (Å²) in [6.07, 6.45) is 2.47. The van der Waals surface area contributed by atoms with Crippen LogP contribution in [0.4, 0.5) is 0 Å². The molecule has 2 heterocycles. The Bertz CT molecular complexity index is 939. The monoisotopic (exact) mass is 437 g/mol. The second-order valence-corrected chi connectivity index (χ2v) is 11.4. The third kappa shape index (κ3) is 4.11. The Kier molecular flexibility index (Phi) is 6.77. The molecule has 1 aromatic heterocycles. The molecule has 1 atom stereocenters. The van der Waals surface area contributed by atoms with E-state index in [0.29, 0.717) is 18.1 Å².